The molecule has 0 spiro atoms. The first-order chi connectivity index (χ1) is 2.81. The van der Waals surface area contributed by atoms with Crippen LogP contribution in [0.15, 0.2) is 0 Å². The van der Waals surface area contributed by atoms with Crippen LogP contribution in [0.4, 0.5) is 0 Å². The molecule has 0 saturated carbocycles. The normalized spacial score (nSPS) is 8.57. The average molecular weight is 163 g/mol. The molecule has 46 valence electrons. The van der Waals surface area contributed by atoms with E-state index in [-0.39, 0.29) is 12.8 Å². The highest BCUT2D eigenvalue weighted by molar-refractivity contribution is 6.32. The molecular formula is C4H9Cl3. The summed E-state index contributed by atoms with van der Waals surface area (Å²) in [6.07, 6.45) is 0. The van der Waals surface area contributed by atoms with Crippen LogP contribution in [-0.2, 0) is 0 Å². The maximum atomic E-state index is 5.39. The predicted octanol–water partition coefficient (Wildman–Crippen LogP) is 2.71. The van der Waals surface area contributed by atoms with Gasteiger partial charge in [0.2, 0.25) is 0 Å². The van der Waals surface area contributed by atoms with Crippen molar-refractivity contribution >= 4 is 34.8 Å². The summed E-state index contributed by atoms with van der Waals surface area (Å²) in [6, 6.07) is 0. The van der Waals surface area contributed by atoms with Crippen molar-refractivity contribution in [2.24, 2.45) is 0 Å². The Morgan fingerprint density at radius 2 is 1.43 bits per heavy atom. The molecule has 0 aromatic heterocycles. The predicted molar refractivity (Wildman–Crippen MR) is 37.8 cm³/mol. The van der Waals surface area contributed by atoms with Crippen LogP contribution >= 0.6 is 34.8 Å². The third-order valence-electron chi connectivity index (χ3n) is 0.335. The van der Waals surface area contributed by atoms with Crippen molar-refractivity contribution in [3.63, 3.8) is 0 Å². The van der Waals surface area contributed by atoms with E-state index in [1.807, 2.05) is 0 Å². The fourth-order valence-electron chi connectivity index (χ4n) is 0.0412. The second-order valence-electron chi connectivity index (χ2n) is 0.906. The minimum atomic E-state index is -0.0617. The van der Waals surface area contributed by atoms with E-state index >= 15 is 0 Å². The smallest absolute Gasteiger partial charge is 0.0606 e. The Morgan fingerprint density at radius 1 is 1.14 bits per heavy atom. The zero-order valence-corrected chi connectivity index (χ0v) is 5.39. The molecule has 3 heteroatoms. The Labute approximate surface area is 59.7 Å². The maximum absolute atomic E-state index is 5.39. The number of halogens is 3. The van der Waals surface area contributed by atoms with E-state index in [0.29, 0.717) is 11.8 Å². The van der Waals surface area contributed by atoms with Gasteiger partial charge in [-0.15, -0.1) is 34.8 Å². The first kappa shape index (κ1) is 10.8. The second kappa shape index (κ2) is 6.87. The minimum Gasteiger partial charge on any atom is -0.125 e. The standard InChI is InChI=1S/C3H5Cl3.CH4/c4-1-3(6)2-5;/h3H,1-2H2;1H4. The van der Waals surface area contributed by atoms with Gasteiger partial charge < -0.3 is 0 Å². The van der Waals surface area contributed by atoms with Gasteiger partial charge in [-0.1, -0.05) is 7.43 Å². The van der Waals surface area contributed by atoms with Crippen LogP contribution in [0.1, 0.15) is 7.43 Å². The lowest BCUT2D eigenvalue weighted by Crippen LogP contribution is -1.99. The minimum absolute atomic E-state index is 0. The molecule has 0 heterocycles. The van der Waals surface area contributed by atoms with Crippen molar-refractivity contribution in [1.29, 1.82) is 0 Å². The second-order valence-corrected chi connectivity index (χ2v) is 2.14. The molecule has 0 amide bonds. The molecule has 0 aliphatic rings. The summed E-state index contributed by atoms with van der Waals surface area (Å²) in [5, 5.41) is -0.0617. The monoisotopic (exact) mass is 162 g/mol. The Kier molecular flexibility index (Phi) is 10.6. The molecule has 0 atom stereocenters. The van der Waals surface area contributed by atoms with E-state index in [1.165, 1.54) is 0 Å². The van der Waals surface area contributed by atoms with Crippen LogP contribution in [0.5, 0.6) is 0 Å². The van der Waals surface area contributed by atoms with Crippen LogP contribution in [0.3, 0.4) is 0 Å². The van der Waals surface area contributed by atoms with E-state index in [9.17, 15) is 0 Å². The molecule has 0 bridgehead atoms. The first-order valence-electron chi connectivity index (χ1n) is 1.57. The third-order valence-corrected chi connectivity index (χ3v) is 1.70. The fraction of sp³-hybridized carbons (Fsp3) is 1.00. The first-order valence-corrected chi connectivity index (χ1v) is 3.07. The summed E-state index contributed by atoms with van der Waals surface area (Å²) in [6.45, 7) is 0. The van der Waals surface area contributed by atoms with Crippen LogP contribution in [-0.4, -0.2) is 17.1 Å². The van der Waals surface area contributed by atoms with Gasteiger partial charge in [0, 0.05) is 11.8 Å². The van der Waals surface area contributed by atoms with Crippen molar-refractivity contribution < 1.29 is 0 Å². The molecule has 0 N–H and O–H groups in total. The van der Waals surface area contributed by atoms with Gasteiger partial charge in [-0.05, 0) is 0 Å². The van der Waals surface area contributed by atoms with Gasteiger partial charge in [0.15, 0.2) is 0 Å². The van der Waals surface area contributed by atoms with Crippen LogP contribution in [0.2, 0.25) is 0 Å². The summed E-state index contributed by atoms with van der Waals surface area (Å²) in [7, 11) is 0. The number of hydrogen-bond donors (Lipinski definition) is 0. The maximum Gasteiger partial charge on any atom is 0.0606 e. The number of alkyl halides is 3. The molecule has 7 heavy (non-hydrogen) atoms. The summed E-state index contributed by atoms with van der Waals surface area (Å²) in [5.41, 5.74) is 0. The van der Waals surface area contributed by atoms with Crippen molar-refractivity contribution in [2.45, 2.75) is 12.8 Å². The largest absolute Gasteiger partial charge is 0.125 e. The molecule has 0 fully saturated rings. The fourth-order valence-corrected chi connectivity index (χ4v) is 0.371. The van der Waals surface area contributed by atoms with E-state index in [0.717, 1.165) is 0 Å². The quantitative estimate of drug-likeness (QED) is 0.549. The van der Waals surface area contributed by atoms with Crippen LogP contribution < -0.4 is 0 Å². The highest BCUT2D eigenvalue weighted by atomic mass is 35.5. The molecule has 0 aliphatic heterocycles. The lowest BCUT2D eigenvalue weighted by molar-refractivity contribution is 1.12. The molecule has 0 rings (SSSR count). The number of rotatable bonds is 2. The zero-order valence-electron chi connectivity index (χ0n) is 3.13. The summed E-state index contributed by atoms with van der Waals surface area (Å²) in [4.78, 5) is 0. The lowest BCUT2D eigenvalue weighted by atomic mass is 10.6. The summed E-state index contributed by atoms with van der Waals surface area (Å²) < 4.78 is 0. The Morgan fingerprint density at radius 3 is 1.43 bits per heavy atom. The lowest BCUT2D eigenvalue weighted by Gasteiger charge is -1.92. The van der Waals surface area contributed by atoms with Crippen LogP contribution in [0, 0.1) is 0 Å². The van der Waals surface area contributed by atoms with Crippen molar-refractivity contribution in [1.82, 2.24) is 0 Å². The van der Waals surface area contributed by atoms with Gasteiger partial charge in [0.1, 0.15) is 0 Å². The van der Waals surface area contributed by atoms with Crippen molar-refractivity contribution in [3.05, 3.63) is 0 Å². The van der Waals surface area contributed by atoms with E-state index in [4.69, 9.17) is 34.8 Å². The molecule has 0 nitrogen and oxygen atoms in total. The van der Waals surface area contributed by atoms with Crippen molar-refractivity contribution in [2.75, 3.05) is 11.8 Å². The topological polar surface area (TPSA) is 0 Å². The molecular weight excluding hydrogens is 154 g/mol. The van der Waals surface area contributed by atoms with E-state index in [1.54, 1.807) is 0 Å². The van der Waals surface area contributed by atoms with Gasteiger partial charge in [0.25, 0.3) is 0 Å². The van der Waals surface area contributed by atoms with Gasteiger partial charge >= 0.3 is 0 Å². The summed E-state index contributed by atoms with van der Waals surface area (Å²) >= 11 is 15.9. The Bertz CT molecular complexity index is 26.1. The van der Waals surface area contributed by atoms with Crippen LogP contribution in [0.25, 0.3) is 0 Å². The summed E-state index contributed by atoms with van der Waals surface area (Å²) in [5.74, 6) is 0.871. The molecule has 0 saturated heterocycles. The zero-order chi connectivity index (χ0) is 4.99. The molecule has 0 aromatic carbocycles. The van der Waals surface area contributed by atoms with Gasteiger partial charge in [-0.25, -0.2) is 0 Å². The van der Waals surface area contributed by atoms with E-state index < -0.39 is 0 Å². The average Bonchev–Trinajstić information content (AvgIpc) is 1.65. The van der Waals surface area contributed by atoms with Gasteiger partial charge in [-0.2, -0.15) is 0 Å². The van der Waals surface area contributed by atoms with E-state index in [2.05, 4.69) is 0 Å². The highest BCUT2D eigenvalue weighted by Crippen LogP contribution is 1.99. The van der Waals surface area contributed by atoms with Gasteiger partial charge in [-0.3, -0.25) is 0 Å². The SMILES string of the molecule is C.ClCC(Cl)CCl. The number of hydrogen-bond acceptors (Lipinski definition) is 0. The molecule has 0 aliphatic carbocycles. The van der Waals surface area contributed by atoms with Gasteiger partial charge in [0.05, 0.1) is 5.38 Å². The molecule has 0 radical (unpaired) electrons. The Hall–Kier alpha value is 0.870. The molecule has 0 aromatic rings. The third kappa shape index (κ3) is 6.87. The Balaban J connectivity index is 0. The highest BCUT2D eigenvalue weighted by Gasteiger charge is 1.95. The van der Waals surface area contributed by atoms with Crippen molar-refractivity contribution in [3.8, 4) is 0 Å². The molecule has 0 unspecified atom stereocenters.